The normalized spacial score (nSPS) is 17.0. The van der Waals surface area contributed by atoms with Gasteiger partial charge in [0.15, 0.2) is 5.67 Å². The molecule has 1 aliphatic heterocycles. The van der Waals surface area contributed by atoms with Gasteiger partial charge in [-0.25, -0.2) is 14.4 Å². The minimum atomic E-state index is -1.84. The summed E-state index contributed by atoms with van der Waals surface area (Å²) in [6.45, 7) is 3.10. The average Bonchev–Trinajstić information content (AvgIpc) is 3.02. The van der Waals surface area contributed by atoms with Gasteiger partial charge in [-0.05, 0) is 31.5 Å². The van der Waals surface area contributed by atoms with Crippen LogP contribution in [-0.4, -0.2) is 51.1 Å². The Morgan fingerprint density at radius 1 is 1.11 bits per heavy atom. The molecule has 28 heavy (non-hydrogen) atoms. The van der Waals surface area contributed by atoms with Gasteiger partial charge in [-0.15, -0.1) is 0 Å². The summed E-state index contributed by atoms with van der Waals surface area (Å²) in [5, 5.41) is 4.55. The van der Waals surface area contributed by atoms with Crippen molar-refractivity contribution in [3.63, 3.8) is 0 Å². The lowest BCUT2D eigenvalue weighted by Crippen LogP contribution is -2.47. The zero-order valence-electron chi connectivity index (χ0n) is 16.4. The summed E-state index contributed by atoms with van der Waals surface area (Å²) in [4.78, 5) is 23.2. The number of likely N-dealkylation sites (tertiary alicyclic amines) is 1. The van der Waals surface area contributed by atoms with Gasteiger partial charge in [0, 0.05) is 50.1 Å². The van der Waals surface area contributed by atoms with Gasteiger partial charge in [-0.2, -0.15) is 0 Å². The number of hydrogen-bond donors (Lipinski definition) is 1. The lowest BCUT2D eigenvalue weighted by atomic mass is 9.92. The van der Waals surface area contributed by atoms with Crippen LogP contribution < -0.4 is 5.32 Å². The Kier molecular flexibility index (Phi) is 4.63. The lowest BCUT2D eigenvalue weighted by Gasteiger charge is -2.33. The number of nitrogens with zero attached hydrogens (tertiary/aromatic N) is 4. The number of carbonyl (C=O) groups excluding carboxylic acids is 1. The Bertz CT molecular complexity index is 1040. The van der Waals surface area contributed by atoms with Gasteiger partial charge < -0.3 is 14.8 Å². The van der Waals surface area contributed by atoms with Crippen molar-refractivity contribution in [1.29, 1.82) is 0 Å². The molecule has 3 heterocycles. The quantitative estimate of drug-likeness (QED) is 0.756. The largest absolute Gasteiger partial charge is 0.331 e. The Morgan fingerprint density at radius 2 is 1.86 bits per heavy atom. The van der Waals surface area contributed by atoms with Crippen molar-refractivity contribution in [1.82, 2.24) is 19.4 Å². The Balaban J connectivity index is 1.60. The number of anilines is 1. The topological polar surface area (TPSA) is 63.1 Å². The molecule has 0 radical (unpaired) electrons. The second-order valence-electron chi connectivity index (χ2n) is 7.60. The molecule has 1 fully saturated rings. The monoisotopic (exact) mass is 381 g/mol. The minimum Gasteiger partial charge on any atom is -0.331 e. The SMILES string of the molecule is Cc1ncc(-c2ccc3cnc(NC(=O)C4(F)CCN(C)CC4)cc3c2)n1C. The molecule has 4 rings (SSSR count). The fourth-order valence-electron chi connectivity index (χ4n) is 3.57. The van der Waals surface area contributed by atoms with Gasteiger partial charge >= 0.3 is 0 Å². The first-order valence-corrected chi connectivity index (χ1v) is 9.43. The predicted molar refractivity (Wildman–Crippen MR) is 108 cm³/mol. The van der Waals surface area contributed by atoms with Crippen molar-refractivity contribution in [2.24, 2.45) is 7.05 Å². The Morgan fingerprint density at radius 3 is 2.54 bits per heavy atom. The molecule has 1 N–H and O–H groups in total. The fourth-order valence-corrected chi connectivity index (χ4v) is 3.57. The van der Waals surface area contributed by atoms with Gasteiger partial charge in [-0.3, -0.25) is 4.79 Å². The highest BCUT2D eigenvalue weighted by Crippen LogP contribution is 2.29. The van der Waals surface area contributed by atoms with Gasteiger partial charge in [-0.1, -0.05) is 12.1 Å². The Labute approximate surface area is 163 Å². The molecule has 3 aromatic rings. The first-order valence-electron chi connectivity index (χ1n) is 9.43. The fraction of sp³-hybridized carbons (Fsp3) is 0.381. The standard InChI is InChI=1S/C21H24FN5O/c1-14-23-13-18(27(14)3)15-4-5-16-12-24-19(11-17(16)10-15)25-20(28)21(22)6-8-26(2)9-7-21/h4-5,10-13H,6-9H2,1-3H3,(H,24,25,28). The molecule has 1 aromatic carbocycles. The van der Waals surface area contributed by atoms with E-state index in [2.05, 4.69) is 15.3 Å². The minimum absolute atomic E-state index is 0.201. The highest BCUT2D eigenvalue weighted by atomic mass is 19.1. The number of piperidine rings is 1. The summed E-state index contributed by atoms with van der Waals surface area (Å²) in [6, 6.07) is 7.83. The summed E-state index contributed by atoms with van der Waals surface area (Å²) in [6.07, 6.45) is 3.94. The highest BCUT2D eigenvalue weighted by molar-refractivity contribution is 5.98. The number of aryl methyl sites for hydroxylation is 1. The van der Waals surface area contributed by atoms with Crippen molar-refractivity contribution in [2.45, 2.75) is 25.4 Å². The number of nitrogens with one attached hydrogen (secondary N) is 1. The highest BCUT2D eigenvalue weighted by Gasteiger charge is 2.41. The summed E-state index contributed by atoms with van der Waals surface area (Å²) in [5.41, 5.74) is 0.198. The van der Waals surface area contributed by atoms with Crippen molar-refractivity contribution in [3.8, 4) is 11.3 Å². The van der Waals surface area contributed by atoms with Crippen LogP contribution in [0, 0.1) is 6.92 Å². The summed E-state index contributed by atoms with van der Waals surface area (Å²) in [5.74, 6) is 0.696. The number of fused-ring (bicyclic) bond motifs is 1. The molecule has 0 atom stereocenters. The molecule has 0 spiro atoms. The third kappa shape index (κ3) is 3.38. The molecule has 2 aromatic heterocycles. The van der Waals surface area contributed by atoms with Crippen LogP contribution >= 0.6 is 0 Å². The average molecular weight is 381 g/mol. The number of halogens is 1. The molecular formula is C21H24FN5O. The lowest BCUT2D eigenvalue weighted by molar-refractivity contribution is -0.130. The van der Waals surface area contributed by atoms with E-state index >= 15 is 0 Å². The van der Waals surface area contributed by atoms with Crippen LogP contribution in [0.2, 0.25) is 0 Å². The van der Waals surface area contributed by atoms with Crippen LogP contribution in [0.5, 0.6) is 0 Å². The second kappa shape index (κ2) is 6.98. The van der Waals surface area contributed by atoms with E-state index in [1.54, 1.807) is 12.3 Å². The Hall–Kier alpha value is -2.80. The maximum Gasteiger partial charge on any atom is 0.263 e. The molecule has 0 unspecified atom stereocenters. The zero-order valence-corrected chi connectivity index (χ0v) is 16.4. The van der Waals surface area contributed by atoms with Gasteiger partial charge in [0.25, 0.3) is 5.91 Å². The van der Waals surface area contributed by atoms with Crippen molar-refractivity contribution >= 4 is 22.5 Å². The summed E-state index contributed by atoms with van der Waals surface area (Å²) in [7, 11) is 3.91. The second-order valence-corrected chi connectivity index (χ2v) is 7.60. The third-order valence-corrected chi connectivity index (χ3v) is 5.67. The third-order valence-electron chi connectivity index (χ3n) is 5.67. The van der Waals surface area contributed by atoms with E-state index in [1.807, 2.05) is 54.9 Å². The molecule has 146 valence electrons. The smallest absolute Gasteiger partial charge is 0.263 e. The van der Waals surface area contributed by atoms with Crippen LogP contribution in [0.3, 0.4) is 0 Å². The van der Waals surface area contributed by atoms with Gasteiger partial charge in [0.05, 0.1) is 11.9 Å². The number of carbonyl (C=O) groups is 1. The van der Waals surface area contributed by atoms with Crippen LogP contribution in [0.4, 0.5) is 10.2 Å². The molecule has 0 aliphatic carbocycles. The van der Waals surface area contributed by atoms with E-state index in [9.17, 15) is 9.18 Å². The van der Waals surface area contributed by atoms with Crippen molar-refractivity contribution in [3.05, 3.63) is 42.5 Å². The maximum atomic E-state index is 15.0. The van der Waals surface area contributed by atoms with E-state index in [4.69, 9.17) is 0 Å². The van der Waals surface area contributed by atoms with E-state index in [0.717, 1.165) is 27.9 Å². The van der Waals surface area contributed by atoms with E-state index in [1.165, 1.54) is 0 Å². The van der Waals surface area contributed by atoms with Gasteiger partial charge in [0.1, 0.15) is 11.6 Å². The first kappa shape index (κ1) is 18.6. The number of imidazole rings is 1. The van der Waals surface area contributed by atoms with E-state index in [0.29, 0.717) is 18.9 Å². The summed E-state index contributed by atoms with van der Waals surface area (Å²) < 4.78 is 17.0. The molecular weight excluding hydrogens is 357 g/mol. The van der Waals surface area contributed by atoms with Crippen LogP contribution in [0.25, 0.3) is 22.0 Å². The molecule has 1 saturated heterocycles. The van der Waals surface area contributed by atoms with Crippen LogP contribution in [0.1, 0.15) is 18.7 Å². The van der Waals surface area contributed by atoms with Gasteiger partial charge in [0.2, 0.25) is 0 Å². The zero-order chi connectivity index (χ0) is 19.9. The first-order chi connectivity index (χ1) is 13.4. The molecule has 1 aliphatic rings. The van der Waals surface area contributed by atoms with Crippen molar-refractivity contribution in [2.75, 3.05) is 25.5 Å². The number of hydrogen-bond acceptors (Lipinski definition) is 4. The number of alkyl halides is 1. The number of rotatable bonds is 3. The predicted octanol–water partition coefficient (Wildman–Crippen LogP) is 3.32. The number of benzene rings is 1. The molecule has 0 bridgehead atoms. The number of pyridine rings is 1. The maximum absolute atomic E-state index is 15.0. The van der Waals surface area contributed by atoms with E-state index in [-0.39, 0.29) is 12.8 Å². The summed E-state index contributed by atoms with van der Waals surface area (Å²) >= 11 is 0. The number of aromatic nitrogens is 3. The van der Waals surface area contributed by atoms with Crippen molar-refractivity contribution < 1.29 is 9.18 Å². The van der Waals surface area contributed by atoms with Crippen LogP contribution in [-0.2, 0) is 11.8 Å². The van der Waals surface area contributed by atoms with Crippen LogP contribution in [0.15, 0.2) is 36.7 Å². The number of amides is 1. The van der Waals surface area contributed by atoms with E-state index < -0.39 is 11.6 Å². The molecule has 0 saturated carbocycles. The molecule has 6 nitrogen and oxygen atoms in total. The molecule has 1 amide bonds. The molecule has 7 heteroatoms.